The zero-order chi connectivity index (χ0) is 27.7. The van der Waals surface area contributed by atoms with Crippen molar-refractivity contribution in [1.29, 1.82) is 0 Å². The van der Waals surface area contributed by atoms with Crippen molar-refractivity contribution < 1.29 is 48.3 Å². The van der Waals surface area contributed by atoms with E-state index >= 15 is 0 Å². The van der Waals surface area contributed by atoms with Crippen LogP contribution in [0.5, 0.6) is 0 Å². The van der Waals surface area contributed by atoms with Crippen LogP contribution in [0.4, 0.5) is 9.59 Å². The number of aliphatic hydroxyl groups is 2. The molecule has 0 aromatic carbocycles. The highest BCUT2D eigenvalue weighted by molar-refractivity contribution is 5.87. The zero-order valence-corrected chi connectivity index (χ0v) is 21.5. The molecule has 0 heterocycles. The van der Waals surface area contributed by atoms with Crippen molar-refractivity contribution in [2.24, 2.45) is 0 Å². The van der Waals surface area contributed by atoms with Gasteiger partial charge in [0.25, 0.3) is 0 Å². The number of hydrogen-bond donors (Lipinski definition) is 4. The normalized spacial score (nSPS) is 13.8. The molecule has 0 bridgehead atoms. The second-order valence-electron chi connectivity index (χ2n) is 8.31. The van der Waals surface area contributed by atoms with Crippen LogP contribution >= 0.6 is 0 Å². The van der Waals surface area contributed by atoms with Crippen LogP contribution in [-0.4, -0.2) is 85.1 Å². The SMILES string of the molecule is C=C(C)C(=O)OCCNC(=O)OC(CC(O)CC(CC)OC(=O)C(=C)C)CC(C)OC(=O)NCCO. The number of amides is 2. The molecule has 12 nitrogen and oxygen atoms in total. The van der Waals surface area contributed by atoms with E-state index in [0.29, 0.717) is 6.42 Å². The lowest BCUT2D eigenvalue weighted by atomic mass is 10.0. The van der Waals surface area contributed by atoms with Gasteiger partial charge in [0.05, 0.1) is 19.3 Å². The quantitative estimate of drug-likeness (QED) is 0.0966. The summed E-state index contributed by atoms with van der Waals surface area (Å²) in [5.74, 6) is -1.15. The van der Waals surface area contributed by atoms with E-state index in [2.05, 4.69) is 23.8 Å². The van der Waals surface area contributed by atoms with E-state index in [-0.39, 0.29) is 56.7 Å². The highest BCUT2D eigenvalue weighted by atomic mass is 16.6. The van der Waals surface area contributed by atoms with Gasteiger partial charge < -0.3 is 39.8 Å². The Balaban J connectivity index is 5.02. The lowest BCUT2D eigenvalue weighted by Crippen LogP contribution is -2.37. The standard InChI is InChI=1S/C24H40N2O10/c1-7-19(35-22(30)16(4)5)13-18(28)14-20(12-17(6)34-23(31)25-8-10-27)36-24(32)26-9-11-33-21(29)15(2)3/h17-20,27-28H,2,4,7-14H2,1,3,5-6H3,(H,25,31)(H,26,32). The van der Waals surface area contributed by atoms with E-state index in [1.807, 2.05) is 0 Å². The maximum Gasteiger partial charge on any atom is 0.407 e. The van der Waals surface area contributed by atoms with E-state index in [0.717, 1.165) is 0 Å². The number of hydrogen-bond acceptors (Lipinski definition) is 10. The fourth-order valence-corrected chi connectivity index (χ4v) is 2.86. The highest BCUT2D eigenvalue weighted by Crippen LogP contribution is 2.18. The summed E-state index contributed by atoms with van der Waals surface area (Å²) < 4.78 is 20.8. The molecule has 4 N–H and O–H groups in total. The van der Waals surface area contributed by atoms with Gasteiger partial charge in [-0.25, -0.2) is 19.2 Å². The molecule has 0 saturated heterocycles. The number of ether oxygens (including phenoxy) is 4. The van der Waals surface area contributed by atoms with Gasteiger partial charge in [-0.1, -0.05) is 20.1 Å². The van der Waals surface area contributed by atoms with Crippen molar-refractivity contribution >= 4 is 24.1 Å². The Labute approximate surface area is 212 Å². The van der Waals surface area contributed by atoms with Crippen molar-refractivity contribution in [3.8, 4) is 0 Å². The predicted octanol–water partition coefficient (Wildman–Crippen LogP) is 1.74. The van der Waals surface area contributed by atoms with Gasteiger partial charge in [0.15, 0.2) is 0 Å². The second-order valence-corrected chi connectivity index (χ2v) is 8.31. The number of aliphatic hydroxyl groups excluding tert-OH is 2. The summed E-state index contributed by atoms with van der Waals surface area (Å²) in [6, 6.07) is 0. The summed E-state index contributed by atoms with van der Waals surface area (Å²) in [6.45, 7) is 13.0. The van der Waals surface area contributed by atoms with E-state index in [9.17, 15) is 24.3 Å². The average molecular weight is 517 g/mol. The summed E-state index contributed by atoms with van der Waals surface area (Å²) in [6.07, 6.45) is -4.13. The average Bonchev–Trinajstić information content (AvgIpc) is 2.79. The van der Waals surface area contributed by atoms with Crippen LogP contribution in [-0.2, 0) is 28.5 Å². The Morgan fingerprint density at radius 2 is 1.39 bits per heavy atom. The molecule has 0 rings (SSSR count). The van der Waals surface area contributed by atoms with E-state index in [1.165, 1.54) is 13.8 Å². The Morgan fingerprint density at radius 3 is 1.94 bits per heavy atom. The monoisotopic (exact) mass is 516 g/mol. The molecule has 0 aromatic rings. The van der Waals surface area contributed by atoms with Gasteiger partial charge in [-0.3, -0.25) is 0 Å². The summed E-state index contributed by atoms with van der Waals surface area (Å²) in [7, 11) is 0. The molecule has 0 saturated carbocycles. The molecule has 4 unspecified atom stereocenters. The second kappa shape index (κ2) is 18.2. The van der Waals surface area contributed by atoms with Crippen LogP contribution in [0.1, 0.15) is 53.4 Å². The van der Waals surface area contributed by atoms with Gasteiger partial charge in [0.2, 0.25) is 0 Å². The number of rotatable bonds is 17. The fraction of sp³-hybridized carbons (Fsp3) is 0.667. The minimum Gasteiger partial charge on any atom is -0.460 e. The van der Waals surface area contributed by atoms with Gasteiger partial charge in [-0.15, -0.1) is 0 Å². The summed E-state index contributed by atoms with van der Waals surface area (Å²) >= 11 is 0. The van der Waals surface area contributed by atoms with E-state index in [4.69, 9.17) is 24.1 Å². The molecule has 4 atom stereocenters. The van der Waals surface area contributed by atoms with E-state index < -0.39 is 48.5 Å². The van der Waals surface area contributed by atoms with Crippen LogP contribution in [0.25, 0.3) is 0 Å². The topological polar surface area (TPSA) is 170 Å². The minimum absolute atomic E-state index is 0.0164. The predicted molar refractivity (Wildman–Crippen MR) is 130 cm³/mol. The highest BCUT2D eigenvalue weighted by Gasteiger charge is 2.26. The van der Waals surface area contributed by atoms with Crippen LogP contribution in [0.2, 0.25) is 0 Å². The molecule has 0 fully saturated rings. The Bertz CT molecular complexity index is 755. The molecule has 0 aromatic heterocycles. The molecule has 206 valence electrons. The van der Waals surface area contributed by atoms with Crippen molar-refractivity contribution in [2.45, 2.75) is 77.8 Å². The zero-order valence-electron chi connectivity index (χ0n) is 21.5. The minimum atomic E-state index is -1.00. The van der Waals surface area contributed by atoms with Crippen LogP contribution in [0.15, 0.2) is 24.3 Å². The van der Waals surface area contributed by atoms with Crippen LogP contribution in [0, 0.1) is 0 Å². The van der Waals surface area contributed by atoms with Crippen molar-refractivity contribution in [3.63, 3.8) is 0 Å². The molecular formula is C24H40N2O10. The van der Waals surface area contributed by atoms with Gasteiger partial charge >= 0.3 is 24.1 Å². The summed E-state index contributed by atoms with van der Waals surface area (Å²) in [4.78, 5) is 47.2. The first-order chi connectivity index (χ1) is 16.9. The molecule has 0 spiro atoms. The molecular weight excluding hydrogens is 476 g/mol. The molecule has 0 aliphatic rings. The Kier molecular flexibility index (Phi) is 16.6. The van der Waals surface area contributed by atoms with E-state index in [1.54, 1.807) is 13.8 Å². The summed E-state index contributed by atoms with van der Waals surface area (Å²) in [5.41, 5.74) is 0.461. The third-order valence-electron chi connectivity index (χ3n) is 4.66. The smallest absolute Gasteiger partial charge is 0.407 e. The van der Waals surface area contributed by atoms with Crippen molar-refractivity contribution in [3.05, 3.63) is 24.3 Å². The van der Waals surface area contributed by atoms with Crippen molar-refractivity contribution in [1.82, 2.24) is 10.6 Å². The fourth-order valence-electron chi connectivity index (χ4n) is 2.86. The molecule has 0 aliphatic carbocycles. The lowest BCUT2D eigenvalue weighted by molar-refractivity contribution is -0.146. The number of nitrogens with one attached hydrogen (secondary N) is 2. The number of alkyl carbamates (subject to hydrolysis) is 2. The third-order valence-corrected chi connectivity index (χ3v) is 4.66. The Hall–Kier alpha value is -3.12. The summed E-state index contributed by atoms with van der Waals surface area (Å²) in [5, 5.41) is 24.2. The number of esters is 2. The molecule has 0 aliphatic heterocycles. The number of carbonyl (C=O) groups excluding carboxylic acids is 4. The maximum absolute atomic E-state index is 12.3. The van der Waals surface area contributed by atoms with Gasteiger partial charge in [-0.2, -0.15) is 0 Å². The van der Waals surface area contributed by atoms with Crippen LogP contribution < -0.4 is 10.6 Å². The first-order valence-electron chi connectivity index (χ1n) is 11.8. The maximum atomic E-state index is 12.3. The van der Waals surface area contributed by atoms with Crippen LogP contribution in [0.3, 0.4) is 0 Å². The molecule has 12 heteroatoms. The van der Waals surface area contributed by atoms with Gasteiger partial charge in [0.1, 0.15) is 24.9 Å². The number of carbonyl (C=O) groups is 4. The van der Waals surface area contributed by atoms with Gasteiger partial charge in [-0.05, 0) is 27.2 Å². The first-order valence-corrected chi connectivity index (χ1v) is 11.8. The molecule has 0 radical (unpaired) electrons. The molecule has 2 amide bonds. The van der Waals surface area contributed by atoms with Crippen molar-refractivity contribution in [2.75, 3.05) is 26.3 Å². The Morgan fingerprint density at radius 1 is 0.833 bits per heavy atom. The van der Waals surface area contributed by atoms with Gasteiger partial charge in [0, 0.05) is 37.0 Å². The lowest BCUT2D eigenvalue weighted by Gasteiger charge is -2.25. The first kappa shape index (κ1) is 32.9. The molecule has 36 heavy (non-hydrogen) atoms. The largest absolute Gasteiger partial charge is 0.460 e. The third kappa shape index (κ3) is 15.7.